The van der Waals surface area contributed by atoms with E-state index >= 15 is 0 Å². The first-order chi connectivity index (χ1) is 15.2. The Hall–Kier alpha value is -3.40. The fourth-order valence-corrected chi connectivity index (χ4v) is 3.91. The summed E-state index contributed by atoms with van der Waals surface area (Å²) in [7, 11) is 0. The molecule has 4 rings (SSSR count). The first kappa shape index (κ1) is 21.8. The van der Waals surface area contributed by atoms with Crippen LogP contribution in [-0.4, -0.2) is 33.5 Å². The number of nitrogens with zero attached hydrogens (tertiary/aromatic N) is 3. The SMILES string of the molecule is Cc1ccc(NC(=O)c2cc(C)nc3c2cnn3Cc2cccs2)c(OCC(F)(F)F)c1. The third kappa shape index (κ3) is 4.91. The van der Waals surface area contributed by atoms with Gasteiger partial charge in [-0.25, -0.2) is 9.67 Å². The van der Waals surface area contributed by atoms with Gasteiger partial charge in [0.05, 0.1) is 29.4 Å². The van der Waals surface area contributed by atoms with Crippen molar-refractivity contribution in [3.8, 4) is 5.75 Å². The van der Waals surface area contributed by atoms with E-state index in [4.69, 9.17) is 4.74 Å². The number of halogens is 3. The molecule has 10 heteroatoms. The molecule has 0 aliphatic rings. The number of aryl methyl sites for hydroxylation is 2. The molecule has 0 fully saturated rings. The molecule has 166 valence electrons. The van der Waals surface area contributed by atoms with Gasteiger partial charge in [0.1, 0.15) is 5.75 Å². The van der Waals surface area contributed by atoms with Crippen molar-refractivity contribution < 1.29 is 22.7 Å². The van der Waals surface area contributed by atoms with Crippen LogP contribution in [0, 0.1) is 13.8 Å². The molecule has 3 heterocycles. The summed E-state index contributed by atoms with van der Waals surface area (Å²) in [4.78, 5) is 18.7. The van der Waals surface area contributed by atoms with Crippen LogP contribution in [0.15, 0.2) is 48.0 Å². The van der Waals surface area contributed by atoms with Gasteiger partial charge in [-0.3, -0.25) is 4.79 Å². The number of carbonyl (C=O) groups excluding carboxylic acids is 1. The minimum absolute atomic E-state index is 0.0499. The van der Waals surface area contributed by atoms with Crippen LogP contribution in [0.1, 0.15) is 26.5 Å². The molecule has 0 unspecified atom stereocenters. The normalized spacial score (nSPS) is 11.7. The number of aromatic nitrogens is 3. The van der Waals surface area contributed by atoms with E-state index in [9.17, 15) is 18.0 Å². The highest BCUT2D eigenvalue weighted by Crippen LogP contribution is 2.29. The molecular formula is C22H19F3N4O2S. The number of carbonyl (C=O) groups is 1. The molecule has 1 amide bonds. The Morgan fingerprint density at radius 2 is 2.03 bits per heavy atom. The summed E-state index contributed by atoms with van der Waals surface area (Å²) in [5.41, 5.74) is 2.36. The largest absolute Gasteiger partial charge is 0.482 e. The molecule has 0 saturated heterocycles. The van der Waals surface area contributed by atoms with Crippen LogP contribution in [0.4, 0.5) is 18.9 Å². The summed E-state index contributed by atoms with van der Waals surface area (Å²) in [6.07, 6.45) is -2.92. The van der Waals surface area contributed by atoms with Crippen LogP contribution in [0.3, 0.4) is 0 Å². The molecular weight excluding hydrogens is 441 g/mol. The molecule has 0 radical (unpaired) electrons. The summed E-state index contributed by atoms with van der Waals surface area (Å²) in [6, 6.07) is 10.2. The maximum Gasteiger partial charge on any atom is 0.422 e. The average molecular weight is 460 g/mol. The van der Waals surface area contributed by atoms with Crippen molar-refractivity contribution >= 4 is 34.0 Å². The molecule has 1 N–H and O–H groups in total. The molecule has 32 heavy (non-hydrogen) atoms. The molecule has 0 spiro atoms. The highest BCUT2D eigenvalue weighted by molar-refractivity contribution is 7.09. The number of fused-ring (bicyclic) bond motifs is 1. The van der Waals surface area contributed by atoms with Crippen LogP contribution in [0.2, 0.25) is 0 Å². The van der Waals surface area contributed by atoms with Crippen LogP contribution in [-0.2, 0) is 6.54 Å². The topological polar surface area (TPSA) is 69.0 Å². The molecule has 0 saturated carbocycles. The number of amides is 1. The lowest BCUT2D eigenvalue weighted by molar-refractivity contribution is -0.153. The summed E-state index contributed by atoms with van der Waals surface area (Å²) in [6.45, 7) is 2.56. The third-order valence-electron chi connectivity index (χ3n) is 4.64. The van der Waals surface area contributed by atoms with Crippen molar-refractivity contribution in [1.29, 1.82) is 0 Å². The zero-order valence-corrected chi connectivity index (χ0v) is 18.0. The molecule has 6 nitrogen and oxygen atoms in total. The number of hydrogen-bond acceptors (Lipinski definition) is 5. The molecule has 3 aromatic heterocycles. The maximum absolute atomic E-state index is 13.1. The number of anilines is 1. The monoisotopic (exact) mass is 460 g/mol. The van der Waals surface area contributed by atoms with E-state index in [1.54, 1.807) is 48.2 Å². The number of pyridine rings is 1. The van der Waals surface area contributed by atoms with Gasteiger partial charge in [0.25, 0.3) is 5.91 Å². The van der Waals surface area contributed by atoms with Gasteiger partial charge in [0, 0.05) is 10.6 Å². The maximum atomic E-state index is 13.1. The fraction of sp³-hybridized carbons (Fsp3) is 0.227. The van der Waals surface area contributed by atoms with Gasteiger partial charge in [0.2, 0.25) is 0 Å². The Labute approximate surface area is 185 Å². The van der Waals surface area contributed by atoms with Crippen molar-refractivity contribution in [1.82, 2.24) is 14.8 Å². The Balaban J connectivity index is 1.64. The lowest BCUT2D eigenvalue weighted by atomic mass is 10.1. The number of alkyl halides is 3. The second-order valence-corrected chi connectivity index (χ2v) is 8.32. The van der Waals surface area contributed by atoms with E-state index in [1.165, 1.54) is 12.1 Å². The quantitative estimate of drug-likeness (QED) is 0.421. The first-order valence-corrected chi connectivity index (χ1v) is 10.5. The van der Waals surface area contributed by atoms with Crippen molar-refractivity contribution in [2.75, 3.05) is 11.9 Å². The van der Waals surface area contributed by atoms with Gasteiger partial charge >= 0.3 is 6.18 Å². The van der Waals surface area contributed by atoms with Gasteiger partial charge in [-0.15, -0.1) is 11.3 Å². The van der Waals surface area contributed by atoms with Crippen LogP contribution < -0.4 is 10.1 Å². The molecule has 4 aromatic rings. The van der Waals surface area contributed by atoms with Crippen molar-refractivity contribution in [2.45, 2.75) is 26.6 Å². The van der Waals surface area contributed by atoms with Gasteiger partial charge in [0.15, 0.2) is 12.3 Å². The summed E-state index contributed by atoms with van der Waals surface area (Å²) in [5, 5.41) is 9.57. The number of hydrogen-bond donors (Lipinski definition) is 1. The minimum atomic E-state index is -4.49. The predicted molar refractivity (Wildman–Crippen MR) is 116 cm³/mol. The summed E-state index contributed by atoms with van der Waals surface area (Å²) in [5.74, 6) is -0.539. The summed E-state index contributed by atoms with van der Waals surface area (Å²) >= 11 is 1.59. The van der Waals surface area contributed by atoms with Gasteiger partial charge < -0.3 is 10.1 Å². The Morgan fingerprint density at radius 3 is 2.75 bits per heavy atom. The number of nitrogens with one attached hydrogen (secondary N) is 1. The Bertz CT molecular complexity index is 1270. The Kier molecular flexibility index (Phi) is 5.88. The molecule has 0 atom stereocenters. The van der Waals surface area contributed by atoms with Crippen LogP contribution >= 0.6 is 11.3 Å². The standard InChI is InChI=1S/C22H19F3N4O2S/c1-13-5-6-18(19(8-13)31-12-22(23,24)25)28-21(30)16-9-14(2)27-20-17(16)10-26-29(20)11-15-4-3-7-32-15/h3-10H,11-12H2,1-2H3,(H,28,30). The highest BCUT2D eigenvalue weighted by Gasteiger charge is 2.29. The number of thiophene rings is 1. The van der Waals surface area contributed by atoms with E-state index in [1.807, 2.05) is 17.5 Å². The van der Waals surface area contributed by atoms with E-state index in [0.29, 0.717) is 34.4 Å². The molecule has 1 aromatic carbocycles. The zero-order valence-electron chi connectivity index (χ0n) is 17.2. The number of benzene rings is 1. The van der Waals surface area contributed by atoms with Crippen LogP contribution in [0.5, 0.6) is 5.75 Å². The molecule has 0 bridgehead atoms. The van der Waals surface area contributed by atoms with Gasteiger partial charge in [-0.1, -0.05) is 12.1 Å². The Morgan fingerprint density at radius 1 is 1.22 bits per heavy atom. The predicted octanol–water partition coefficient (Wildman–Crippen LogP) is 5.35. The summed E-state index contributed by atoms with van der Waals surface area (Å²) < 4.78 is 44.5. The number of ether oxygens (including phenoxy) is 1. The first-order valence-electron chi connectivity index (χ1n) is 9.67. The lowest BCUT2D eigenvalue weighted by Gasteiger charge is -2.15. The fourth-order valence-electron chi connectivity index (χ4n) is 3.23. The minimum Gasteiger partial charge on any atom is -0.482 e. The van der Waals surface area contributed by atoms with Gasteiger partial charge in [-0.05, 0) is 49.1 Å². The zero-order chi connectivity index (χ0) is 22.9. The number of rotatable bonds is 6. The lowest BCUT2D eigenvalue weighted by Crippen LogP contribution is -2.20. The molecule has 0 aliphatic heterocycles. The van der Waals surface area contributed by atoms with Crippen molar-refractivity contribution in [3.63, 3.8) is 0 Å². The smallest absolute Gasteiger partial charge is 0.422 e. The van der Waals surface area contributed by atoms with E-state index in [-0.39, 0.29) is 11.4 Å². The van der Waals surface area contributed by atoms with Crippen molar-refractivity contribution in [3.05, 3.63) is 69.7 Å². The molecule has 0 aliphatic carbocycles. The second kappa shape index (κ2) is 8.62. The van der Waals surface area contributed by atoms with E-state index in [0.717, 1.165) is 4.88 Å². The van der Waals surface area contributed by atoms with E-state index < -0.39 is 18.7 Å². The van der Waals surface area contributed by atoms with E-state index in [2.05, 4.69) is 15.4 Å². The third-order valence-corrected chi connectivity index (χ3v) is 5.51. The van der Waals surface area contributed by atoms with Crippen molar-refractivity contribution in [2.24, 2.45) is 0 Å². The average Bonchev–Trinajstić information content (AvgIpc) is 3.37. The van der Waals surface area contributed by atoms with Gasteiger partial charge in [-0.2, -0.15) is 18.3 Å². The van der Waals surface area contributed by atoms with Crippen LogP contribution in [0.25, 0.3) is 11.0 Å². The highest BCUT2D eigenvalue weighted by atomic mass is 32.1. The second-order valence-electron chi connectivity index (χ2n) is 7.29.